The quantitative estimate of drug-likeness (QED) is 0.864. The minimum absolute atomic E-state index is 0.231. The summed E-state index contributed by atoms with van der Waals surface area (Å²) in [6.45, 7) is 1.83. The average Bonchev–Trinajstić information content (AvgIpc) is 3.05. The standard InChI is InChI=1S/C15H18N2OS2/c18-14(17-6-3-1-2-4-7-17)9-13-11-20-15(16-13)12-5-8-19-10-12/h5,8,10-11H,1-4,6-7,9H2. The number of amides is 1. The van der Waals surface area contributed by atoms with Crippen molar-refractivity contribution < 1.29 is 4.79 Å². The number of hydrogen-bond donors (Lipinski definition) is 0. The molecule has 3 rings (SSSR count). The number of likely N-dealkylation sites (tertiary alicyclic amines) is 1. The number of carbonyl (C=O) groups excluding carboxylic acids is 1. The molecule has 0 bridgehead atoms. The summed E-state index contributed by atoms with van der Waals surface area (Å²) < 4.78 is 0. The Morgan fingerprint density at radius 1 is 1.20 bits per heavy atom. The van der Waals surface area contributed by atoms with Crippen LogP contribution in [0.4, 0.5) is 0 Å². The topological polar surface area (TPSA) is 33.2 Å². The van der Waals surface area contributed by atoms with Gasteiger partial charge in [-0.2, -0.15) is 11.3 Å². The van der Waals surface area contributed by atoms with Gasteiger partial charge >= 0.3 is 0 Å². The number of rotatable bonds is 3. The van der Waals surface area contributed by atoms with E-state index in [1.165, 1.54) is 12.8 Å². The van der Waals surface area contributed by atoms with E-state index in [2.05, 4.69) is 21.8 Å². The van der Waals surface area contributed by atoms with Gasteiger partial charge in [-0.1, -0.05) is 12.8 Å². The second-order valence-electron chi connectivity index (χ2n) is 5.13. The van der Waals surface area contributed by atoms with Crippen LogP contribution in [-0.2, 0) is 11.2 Å². The molecule has 2 aromatic heterocycles. The van der Waals surface area contributed by atoms with Crippen LogP contribution in [0.3, 0.4) is 0 Å². The van der Waals surface area contributed by atoms with E-state index in [4.69, 9.17) is 0 Å². The largest absolute Gasteiger partial charge is 0.342 e. The highest BCUT2D eigenvalue weighted by molar-refractivity contribution is 7.14. The van der Waals surface area contributed by atoms with Crippen molar-refractivity contribution in [2.24, 2.45) is 0 Å². The summed E-state index contributed by atoms with van der Waals surface area (Å²) in [6.07, 6.45) is 5.23. The molecule has 1 saturated heterocycles. The lowest BCUT2D eigenvalue weighted by molar-refractivity contribution is -0.130. The van der Waals surface area contributed by atoms with Crippen molar-refractivity contribution in [1.29, 1.82) is 0 Å². The zero-order chi connectivity index (χ0) is 13.8. The third kappa shape index (κ3) is 3.27. The molecule has 20 heavy (non-hydrogen) atoms. The molecule has 106 valence electrons. The predicted octanol–water partition coefficient (Wildman–Crippen LogP) is 3.82. The molecule has 5 heteroatoms. The van der Waals surface area contributed by atoms with Crippen LogP contribution >= 0.6 is 22.7 Å². The van der Waals surface area contributed by atoms with Crippen molar-refractivity contribution in [2.45, 2.75) is 32.1 Å². The summed E-state index contributed by atoms with van der Waals surface area (Å²) in [4.78, 5) is 18.9. The normalized spacial score (nSPS) is 16.1. The van der Waals surface area contributed by atoms with Crippen LogP contribution in [0.1, 0.15) is 31.4 Å². The lowest BCUT2D eigenvalue weighted by Crippen LogP contribution is -2.33. The zero-order valence-electron chi connectivity index (χ0n) is 11.4. The Bertz CT molecular complexity index is 554. The molecule has 0 N–H and O–H groups in total. The summed E-state index contributed by atoms with van der Waals surface area (Å²) in [5.74, 6) is 0.231. The molecule has 1 fully saturated rings. The van der Waals surface area contributed by atoms with Gasteiger partial charge in [0, 0.05) is 29.4 Å². The van der Waals surface area contributed by atoms with Gasteiger partial charge in [0.25, 0.3) is 0 Å². The second kappa shape index (κ2) is 6.50. The molecular weight excluding hydrogens is 288 g/mol. The minimum atomic E-state index is 0.231. The Balaban J connectivity index is 1.64. The Morgan fingerprint density at radius 3 is 2.70 bits per heavy atom. The van der Waals surface area contributed by atoms with E-state index < -0.39 is 0 Å². The number of thiophene rings is 1. The first kappa shape index (κ1) is 13.8. The van der Waals surface area contributed by atoms with E-state index >= 15 is 0 Å². The summed E-state index contributed by atoms with van der Waals surface area (Å²) in [5.41, 5.74) is 2.07. The average molecular weight is 306 g/mol. The highest BCUT2D eigenvalue weighted by Crippen LogP contribution is 2.26. The highest BCUT2D eigenvalue weighted by atomic mass is 32.1. The molecule has 3 nitrogen and oxygen atoms in total. The number of aromatic nitrogens is 1. The Labute approximate surface area is 127 Å². The number of nitrogens with zero attached hydrogens (tertiary/aromatic N) is 2. The Kier molecular flexibility index (Phi) is 4.47. The molecule has 0 atom stereocenters. The molecule has 0 aromatic carbocycles. The van der Waals surface area contributed by atoms with Crippen molar-refractivity contribution in [2.75, 3.05) is 13.1 Å². The van der Waals surface area contributed by atoms with Crippen LogP contribution in [-0.4, -0.2) is 28.9 Å². The molecule has 3 heterocycles. The van der Waals surface area contributed by atoms with Crippen molar-refractivity contribution in [3.8, 4) is 10.6 Å². The first-order valence-corrected chi connectivity index (χ1v) is 8.90. The van der Waals surface area contributed by atoms with E-state index in [9.17, 15) is 4.79 Å². The van der Waals surface area contributed by atoms with Crippen LogP contribution in [0.5, 0.6) is 0 Å². The van der Waals surface area contributed by atoms with Crippen LogP contribution in [0, 0.1) is 0 Å². The molecule has 0 unspecified atom stereocenters. The van der Waals surface area contributed by atoms with Crippen LogP contribution in [0.15, 0.2) is 22.2 Å². The Morgan fingerprint density at radius 2 is 2.00 bits per heavy atom. The van der Waals surface area contributed by atoms with E-state index in [-0.39, 0.29) is 5.91 Å². The van der Waals surface area contributed by atoms with Gasteiger partial charge in [0.05, 0.1) is 12.1 Å². The van der Waals surface area contributed by atoms with Crippen molar-refractivity contribution >= 4 is 28.6 Å². The van der Waals surface area contributed by atoms with Gasteiger partial charge in [-0.05, 0) is 24.3 Å². The highest BCUT2D eigenvalue weighted by Gasteiger charge is 2.17. The molecule has 0 saturated carbocycles. The molecule has 0 spiro atoms. The van der Waals surface area contributed by atoms with E-state index in [1.54, 1.807) is 22.7 Å². The lowest BCUT2D eigenvalue weighted by atomic mass is 10.2. The summed E-state index contributed by atoms with van der Waals surface area (Å²) in [5, 5.41) is 7.19. The number of thiazole rings is 1. The Hall–Kier alpha value is -1.20. The fraction of sp³-hybridized carbons (Fsp3) is 0.467. The fourth-order valence-electron chi connectivity index (χ4n) is 2.49. The smallest absolute Gasteiger partial charge is 0.228 e. The van der Waals surface area contributed by atoms with Crippen LogP contribution < -0.4 is 0 Å². The molecule has 0 aliphatic carbocycles. The van der Waals surface area contributed by atoms with Gasteiger partial charge in [-0.25, -0.2) is 4.98 Å². The van der Waals surface area contributed by atoms with Crippen molar-refractivity contribution in [3.63, 3.8) is 0 Å². The molecule has 2 aromatic rings. The SMILES string of the molecule is O=C(Cc1csc(-c2ccsc2)n1)N1CCCCCC1. The maximum absolute atomic E-state index is 12.3. The van der Waals surface area contributed by atoms with Gasteiger partial charge in [-0.15, -0.1) is 11.3 Å². The van der Waals surface area contributed by atoms with Crippen molar-refractivity contribution in [1.82, 2.24) is 9.88 Å². The third-order valence-electron chi connectivity index (χ3n) is 3.61. The lowest BCUT2D eigenvalue weighted by Gasteiger charge is -2.19. The third-order valence-corrected chi connectivity index (χ3v) is 5.23. The van der Waals surface area contributed by atoms with E-state index in [0.717, 1.165) is 42.2 Å². The molecule has 0 radical (unpaired) electrons. The fourth-order valence-corrected chi connectivity index (χ4v) is 4.03. The van der Waals surface area contributed by atoms with Crippen LogP contribution in [0.2, 0.25) is 0 Å². The molecule has 1 aliphatic heterocycles. The van der Waals surface area contributed by atoms with Crippen LogP contribution in [0.25, 0.3) is 10.6 Å². The first-order chi connectivity index (χ1) is 9.83. The van der Waals surface area contributed by atoms with E-state index in [0.29, 0.717) is 6.42 Å². The monoisotopic (exact) mass is 306 g/mol. The first-order valence-electron chi connectivity index (χ1n) is 7.08. The van der Waals surface area contributed by atoms with E-state index in [1.807, 2.05) is 10.3 Å². The van der Waals surface area contributed by atoms with Crippen molar-refractivity contribution in [3.05, 3.63) is 27.9 Å². The van der Waals surface area contributed by atoms with Gasteiger partial charge in [0.15, 0.2) is 0 Å². The summed E-state index contributed by atoms with van der Waals surface area (Å²) >= 11 is 3.30. The summed E-state index contributed by atoms with van der Waals surface area (Å²) in [6, 6.07) is 2.07. The van der Waals surface area contributed by atoms with Gasteiger partial charge < -0.3 is 4.90 Å². The molecule has 1 aliphatic rings. The maximum atomic E-state index is 12.3. The molecular formula is C15H18N2OS2. The number of carbonyl (C=O) groups is 1. The number of hydrogen-bond acceptors (Lipinski definition) is 4. The maximum Gasteiger partial charge on any atom is 0.228 e. The predicted molar refractivity (Wildman–Crippen MR) is 84.2 cm³/mol. The van der Waals surface area contributed by atoms with Gasteiger partial charge in [0.2, 0.25) is 5.91 Å². The van der Waals surface area contributed by atoms with Gasteiger partial charge in [0.1, 0.15) is 5.01 Å². The van der Waals surface area contributed by atoms with Gasteiger partial charge in [-0.3, -0.25) is 4.79 Å². The zero-order valence-corrected chi connectivity index (χ0v) is 13.0. The second-order valence-corrected chi connectivity index (χ2v) is 6.77. The molecule has 1 amide bonds. The summed E-state index contributed by atoms with van der Waals surface area (Å²) in [7, 11) is 0. The minimum Gasteiger partial charge on any atom is -0.342 e.